The zero-order chi connectivity index (χ0) is 13.8. The van der Waals surface area contributed by atoms with E-state index in [2.05, 4.69) is 16.5 Å². The van der Waals surface area contributed by atoms with Gasteiger partial charge in [0.15, 0.2) is 0 Å². The summed E-state index contributed by atoms with van der Waals surface area (Å²) >= 11 is 7.37. The Balaban J connectivity index is 2.32. The number of nitrogens with zero attached hydrogens (tertiary/aromatic N) is 2. The molecule has 1 aromatic carbocycles. The van der Waals surface area contributed by atoms with Crippen molar-refractivity contribution < 1.29 is 4.74 Å². The summed E-state index contributed by atoms with van der Waals surface area (Å²) in [6.45, 7) is 2.11. The van der Waals surface area contributed by atoms with Crippen LogP contribution < -0.4 is 10.5 Å². The number of hydrogen-bond donors (Lipinski definition) is 1. The fraction of sp³-hybridized carbons (Fsp3) is 0.385. The Morgan fingerprint density at radius 2 is 2.26 bits per heavy atom. The van der Waals surface area contributed by atoms with Gasteiger partial charge in [-0.25, -0.2) is 0 Å². The summed E-state index contributed by atoms with van der Waals surface area (Å²) in [5.41, 5.74) is 8.23. The maximum absolute atomic E-state index is 6.30. The third-order valence-corrected chi connectivity index (χ3v) is 4.05. The van der Waals surface area contributed by atoms with Crippen LogP contribution in [0, 0.1) is 0 Å². The summed E-state index contributed by atoms with van der Waals surface area (Å²) in [6.07, 6.45) is 1.92. The van der Waals surface area contributed by atoms with E-state index in [1.807, 2.05) is 12.1 Å². The molecule has 1 unspecified atom stereocenters. The van der Waals surface area contributed by atoms with E-state index in [9.17, 15) is 0 Å². The van der Waals surface area contributed by atoms with Crippen molar-refractivity contribution in [3.63, 3.8) is 0 Å². The fourth-order valence-corrected chi connectivity index (χ4v) is 2.80. The number of ether oxygens (including phenoxy) is 1. The molecule has 1 heterocycles. The van der Waals surface area contributed by atoms with Crippen molar-refractivity contribution in [2.24, 2.45) is 5.73 Å². The average molecular weight is 298 g/mol. The molecule has 0 spiro atoms. The van der Waals surface area contributed by atoms with E-state index >= 15 is 0 Å². The molecular formula is C13H16ClN3OS. The molecular weight excluding hydrogens is 282 g/mol. The normalized spacial score (nSPS) is 12.4. The Hall–Kier alpha value is -1.17. The maximum atomic E-state index is 6.30. The molecule has 2 aromatic rings. The Bertz CT molecular complexity index is 559. The molecule has 0 bridgehead atoms. The van der Waals surface area contributed by atoms with Crippen LogP contribution in [0.3, 0.4) is 0 Å². The standard InChI is InChI=1S/C13H16ClN3OS/c1-3-4-10-13(19-17-16-10)12(15)8-5-6-9(14)11(7-8)18-2/h5-7,12H,3-4,15H2,1-2H3. The zero-order valence-electron chi connectivity index (χ0n) is 10.9. The topological polar surface area (TPSA) is 61.0 Å². The Labute approximate surface area is 121 Å². The molecule has 0 radical (unpaired) electrons. The van der Waals surface area contributed by atoms with Gasteiger partial charge in [0, 0.05) is 0 Å². The zero-order valence-corrected chi connectivity index (χ0v) is 12.5. The minimum Gasteiger partial charge on any atom is -0.495 e. The van der Waals surface area contributed by atoms with Crippen LogP contribution in [-0.4, -0.2) is 16.7 Å². The molecule has 1 atom stereocenters. The van der Waals surface area contributed by atoms with Gasteiger partial charge in [0.05, 0.1) is 28.7 Å². The lowest BCUT2D eigenvalue weighted by atomic mass is 10.0. The summed E-state index contributed by atoms with van der Waals surface area (Å²) in [5, 5.41) is 4.72. The Kier molecular flexibility index (Phi) is 4.74. The van der Waals surface area contributed by atoms with Crippen LogP contribution >= 0.6 is 23.1 Å². The van der Waals surface area contributed by atoms with Crippen LogP contribution in [-0.2, 0) is 6.42 Å². The summed E-state index contributed by atoms with van der Waals surface area (Å²) in [5.74, 6) is 0.629. The van der Waals surface area contributed by atoms with E-state index < -0.39 is 0 Å². The van der Waals surface area contributed by atoms with Gasteiger partial charge < -0.3 is 10.5 Å². The van der Waals surface area contributed by atoms with E-state index in [0.717, 1.165) is 29.0 Å². The molecule has 1 aromatic heterocycles. The molecule has 4 nitrogen and oxygen atoms in total. The molecule has 0 saturated carbocycles. The van der Waals surface area contributed by atoms with Crippen LogP contribution in [0.2, 0.25) is 5.02 Å². The molecule has 0 amide bonds. The summed E-state index contributed by atoms with van der Waals surface area (Å²) in [7, 11) is 1.59. The highest BCUT2D eigenvalue weighted by Gasteiger charge is 2.18. The summed E-state index contributed by atoms with van der Waals surface area (Å²) in [4.78, 5) is 1.01. The first-order valence-electron chi connectivity index (χ1n) is 6.07. The van der Waals surface area contributed by atoms with Gasteiger partial charge in [0.2, 0.25) is 0 Å². The second kappa shape index (κ2) is 6.32. The molecule has 2 rings (SSSR count). The minimum absolute atomic E-state index is 0.243. The van der Waals surface area contributed by atoms with Crippen LogP contribution in [0.5, 0.6) is 5.75 Å². The number of hydrogen-bond acceptors (Lipinski definition) is 5. The third kappa shape index (κ3) is 3.05. The first-order chi connectivity index (χ1) is 9.17. The smallest absolute Gasteiger partial charge is 0.137 e. The average Bonchev–Trinajstić information content (AvgIpc) is 2.87. The summed E-state index contributed by atoms with van der Waals surface area (Å²) < 4.78 is 9.22. The van der Waals surface area contributed by atoms with Crippen LogP contribution in [0.4, 0.5) is 0 Å². The Morgan fingerprint density at radius 1 is 1.47 bits per heavy atom. The highest BCUT2D eigenvalue weighted by Crippen LogP contribution is 2.31. The van der Waals surface area contributed by atoms with Crippen LogP contribution in [0.1, 0.15) is 35.5 Å². The molecule has 0 aliphatic rings. The number of aromatic nitrogens is 2. The largest absolute Gasteiger partial charge is 0.495 e. The van der Waals surface area contributed by atoms with Gasteiger partial charge in [-0.1, -0.05) is 35.5 Å². The van der Waals surface area contributed by atoms with Crippen LogP contribution in [0.15, 0.2) is 18.2 Å². The van der Waals surface area contributed by atoms with E-state index in [1.54, 1.807) is 13.2 Å². The first kappa shape index (κ1) is 14.2. The number of methoxy groups -OCH3 is 1. The predicted molar refractivity (Wildman–Crippen MR) is 77.9 cm³/mol. The lowest BCUT2D eigenvalue weighted by Gasteiger charge is -2.13. The summed E-state index contributed by atoms with van der Waals surface area (Å²) in [6, 6.07) is 5.32. The van der Waals surface area contributed by atoms with Gasteiger partial charge in [0.25, 0.3) is 0 Å². The van der Waals surface area contributed by atoms with E-state index in [4.69, 9.17) is 22.1 Å². The monoisotopic (exact) mass is 297 g/mol. The van der Waals surface area contributed by atoms with Crippen molar-refractivity contribution >= 4 is 23.1 Å². The molecule has 6 heteroatoms. The van der Waals surface area contributed by atoms with E-state index in [-0.39, 0.29) is 6.04 Å². The molecule has 102 valence electrons. The van der Waals surface area contributed by atoms with Crippen LogP contribution in [0.25, 0.3) is 0 Å². The predicted octanol–water partition coefficient (Wildman–Crippen LogP) is 3.20. The molecule has 0 fully saturated rings. The van der Waals surface area contributed by atoms with E-state index in [0.29, 0.717) is 10.8 Å². The first-order valence-corrected chi connectivity index (χ1v) is 7.22. The minimum atomic E-state index is -0.243. The SMILES string of the molecule is CCCc1nnsc1C(N)c1ccc(Cl)c(OC)c1. The van der Waals surface area contributed by atoms with Gasteiger partial charge >= 0.3 is 0 Å². The highest BCUT2D eigenvalue weighted by atomic mass is 35.5. The van der Waals surface area contributed by atoms with Gasteiger partial charge in [0.1, 0.15) is 5.75 Å². The van der Waals surface area contributed by atoms with Gasteiger partial charge in [-0.05, 0) is 35.6 Å². The van der Waals surface area contributed by atoms with Gasteiger partial charge in [-0.2, -0.15) is 0 Å². The Morgan fingerprint density at radius 3 is 2.95 bits per heavy atom. The van der Waals surface area contributed by atoms with Crippen molar-refractivity contribution in [2.45, 2.75) is 25.8 Å². The molecule has 0 saturated heterocycles. The van der Waals surface area contributed by atoms with Crippen molar-refractivity contribution in [2.75, 3.05) is 7.11 Å². The van der Waals surface area contributed by atoms with Crippen molar-refractivity contribution in [1.82, 2.24) is 9.59 Å². The highest BCUT2D eigenvalue weighted by molar-refractivity contribution is 7.05. The number of nitrogens with two attached hydrogens (primary N) is 1. The second-order valence-corrected chi connectivity index (χ2v) is 5.40. The molecule has 0 aliphatic carbocycles. The number of halogens is 1. The van der Waals surface area contributed by atoms with Gasteiger partial charge in [-0.3, -0.25) is 0 Å². The van der Waals surface area contributed by atoms with Crippen molar-refractivity contribution in [1.29, 1.82) is 0 Å². The number of rotatable bonds is 5. The quantitative estimate of drug-likeness (QED) is 0.920. The second-order valence-electron chi connectivity index (χ2n) is 4.21. The van der Waals surface area contributed by atoms with Crippen molar-refractivity contribution in [3.8, 4) is 5.75 Å². The lowest BCUT2D eigenvalue weighted by Crippen LogP contribution is -2.12. The number of aryl methyl sites for hydroxylation is 1. The molecule has 2 N–H and O–H groups in total. The molecule has 0 aliphatic heterocycles. The molecule has 19 heavy (non-hydrogen) atoms. The van der Waals surface area contributed by atoms with E-state index in [1.165, 1.54) is 11.5 Å². The third-order valence-electron chi connectivity index (χ3n) is 2.89. The van der Waals surface area contributed by atoms with Gasteiger partial charge in [-0.15, -0.1) is 5.10 Å². The maximum Gasteiger partial charge on any atom is 0.137 e. The van der Waals surface area contributed by atoms with Crippen molar-refractivity contribution in [3.05, 3.63) is 39.4 Å². The lowest BCUT2D eigenvalue weighted by molar-refractivity contribution is 0.414. The fourth-order valence-electron chi connectivity index (χ4n) is 1.88. The number of benzene rings is 1.